The van der Waals surface area contributed by atoms with Crippen molar-refractivity contribution in [2.45, 2.75) is 19.0 Å². The van der Waals surface area contributed by atoms with Gasteiger partial charge in [0, 0.05) is 6.20 Å². The number of hydrogen-bond acceptors (Lipinski definition) is 3. The van der Waals surface area contributed by atoms with Crippen molar-refractivity contribution in [1.82, 2.24) is 9.55 Å². The van der Waals surface area contributed by atoms with Crippen LogP contribution in [0.2, 0.25) is 0 Å². The van der Waals surface area contributed by atoms with Gasteiger partial charge in [0.25, 0.3) is 0 Å². The highest BCUT2D eigenvalue weighted by molar-refractivity contribution is 7.99. The van der Waals surface area contributed by atoms with E-state index in [-0.39, 0.29) is 11.6 Å². The van der Waals surface area contributed by atoms with Crippen LogP contribution in [0.15, 0.2) is 29.6 Å². The fourth-order valence-electron chi connectivity index (χ4n) is 1.77. The smallest absolute Gasteiger partial charge is 0.313 e. The molecule has 0 atom stereocenters. The molecule has 0 unspecified atom stereocenters. The zero-order valence-corrected chi connectivity index (χ0v) is 11.4. The molecule has 1 N–H and O–H groups in total. The fraction of sp³-hybridized carbons (Fsp3) is 0.231. The molecular weight excluding hydrogens is 267 g/mol. The second-order valence-corrected chi connectivity index (χ2v) is 5.09. The van der Waals surface area contributed by atoms with Gasteiger partial charge in [0.15, 0.2) is 5.16 Å². The van der Waals surface area contributed by atoms with E-state index in [1.807, 2.05) is 13.1 Å². The summed E-state index contributed by atoms with van der Waals surface area (Å²) < 4.78 is 14.9. The van der Waals surface area contributed by atoms with Crippen molar-refractivity contribution < 1.29 is 14.3 Å². The lowest BCUT2D eigenvalue weighted by Gasteiger charge is -2.09. The van der Waals surface area contributed by atoms with Crippen LogP contribution in [0, 0.1) is 19.7 Å². The Morgan fingerprint density at radius 3 is 2.84 bits per heavy atom. The molecule has 0 fully saturated rings. The van der Waals surface area contributed by atoms with Gasteiger partial charge in [-0.15, -0.1) is 0 Å². The summed E-state index contributed by atoms with van der Waals surface area (Å²) in [6, 6.07) is 4.48. The van der Waals surface area contributed by atoms with Gasteiger partial charge in [0.2, 0.25) is 0 Å². The van der Waals surface area contributed by atoms with E-state index < -0.39 is 5.97 Å². The van der Waals surface area contributed by atoms with E-state index in [4.69, 9.17) is 5.11 Å². The maximum Gasteiger partial charge on any atom is 0.313 e. The van der Waals surface area contributed by atoms with Gasteiger partial charge < -0.3 is 5.11 Å². The third kappa shape index (κ3) is 3.14. The van der Waals surface area contributed by atoms with Crippen molar-refractivity contribution in [2.24, 2.45) is 0 Å². The number of imidazole rings is 1. The van der Waals surface area contributed by atoms with Crippen molar-refractivity contribution in [1.29, 1.82) is 0 Å². The minimum atomic E-state index is -0.895. The van der Waals surface area contributed by atoms with Gasteiger partial charge in [-0.1, -0.05) is 11.8 Å². The molecule has 6 heteroatoms. The number of thioether (sulfide) groups is 1. The first-order valence-corrected chi connectivity index (χ1v) is 6.63. The van der Waals surface area contributed by atoms with Crippen LogP contribution in [-0.2, 0) is 4.79 Å². The van der Waals surface area contributed by atoms with Crippen molar-refractivity contribution in [2.75, 3.05) is 5.75 Å². The number of carbonyl (C=O) groups is 1. The fourth-order valence-corrected chi connectivity index (χ4v) is 2.52. The first-order chi connectivity index (χ1) is 8.97. The molecule has 100 valence electrons. The number of benzene rings is 1. The Balaban J connectivity index is 2.40. The van der Waals surface area contributed by atoms with Crippen LogP contribution in [-0.4, -0.2) is 26.4 Å². The van der Waals surface area contributed by atoms with Crippen molar-refractivity contribution in [3.05, 3.63) is 41.5 Å². The molecule has 0 aliphatic carbocycles. The second kappa shape index (κ2) is 5.44. The molecule has 2 aromatic rings. The van der Waals surface area contributed by atoms with Crippen molar-refractivity contribution in [3.63, 3.8) is 0 Å². The maximum atomic E-state index is 13.1. The molecule has 0 bridgehead atoms. The zero-order chi connectivity index (χ0) is 14.0. The van der Waals surface area contributed by atoms with Gasteiger partial charge in [-0.2, -0.15) is 0 Å². The Bertz CT molecular complexity index is 625. The van der Waals surface area contributed by atoms with E-state index >= 15 is 0 Å². The molecule has 19 heavy (non-hydrogen) atoms. The molecule has 2 rings (SSSR count). The standard InChI is InChI=1S/C13H13FN2O2S/c1-8-5-10(14)3-4-11(8)16-6-9(2)15-13(16)19-7-12(17)18/h3-6H,7H2,1-2H3,(H,17,18). The van der Waals surface area contributed by atoms with Gasteiger partial charge in [-0.3, -0.25) is 9.36 Å². The normalized spacial score (nSPS) is 10.7. The first-order valence-electron chi connectivity index (χ1n) is 5.64. The third-order valence-corrected chi connectivity index (χ3v) is 3.47. The Hall–Kier alpha value is -1.82. The van der Waals surface area contributed by atoms with Gasteiger partial charge >= 0.3 is 5.97 Å². The van der Waals surface area contributed by atoms with Gasteiger partial charge in [-0.25, -0.2) is 9.37 Å². The number of aromatic nitrogens is 2. The summed E-state index contributed by atoms with van der Waals surface area (Å²) in [5.41, 5.74) is 2.36. The minimum Gasteiger partial charge on any atom is -0.481 e. The predicted octanol–water partition coefficient (Wildman–Crippen LogP) is 2.80. The van der Waals surface area contributed by atoms with Crippen LogP contribution in [0.25, 0.3) is 5.69 Å². The molecule has 0 saturated carbocycles. The number of nitrogens with zero attached hydrogens (tertiary/aromatic N) is 2. The van der Waals surface area contributed by atoms with Crippen LogP contribution in [0.5, 0.6) is 0 Å². The van der Waals surface area contributed by atoms with Gasteiger partial charge in [-0.05, 0) is 37.6 Å². The highest BCUT2D eigenvalue weighted by Crippen LogP contribution is 2.24. The monoisotopic (exact) mass is 280 g/mol. The lowest BCUT2D eigenvalue weighted by molar-refractivity contribution is -0.133. The van der Waals surface area contributed by atoms with E-state index in [1.165, 1.54) is 12.1 Å². The Kier molecular flexibility index (Phi) is 3.90. The lowest BCUT2D eigenvalue weighted by atomic mass is 10.2. The highest BCUT2D eigenvalue weighted by atomic mass is 32.2. The van der Waals surface area contributed by atoms with Crippen LogP contribution in [0.3, 0.4) is 0 Å². The molecule has 1 heterocycles. The van der Waals surface area contributed by atoms with Gasteiger partial charge in [0.05, 0.1) is 17.1 Å². The summed E-state index contributed by atoms with van der Waals surface area (Å²) in [5.74, 6) is -1.25. The summed E-state index contributed by atoms with van der Waals surface area (Å²) in [7, 11) is 0. The Labute approximate surface area is 114 Å². The van der Waals surface area contributed by atoms with Crippen molar-refractivity contribution in [3.8, 4) is 5.69 Å². The van der Waals surface area contributed by atoms with Crippen molar-refractivity contribution >= 4 is 17.7 Å². The summed E-state index contributed by atoms with van der Waals surface area (Å²) in [6.45, 7) is 3.64. The van der Waals surface area contributed by atoms with Crippen LogP contribution >= 0.6 is 11.8 Å². The average Bonchev–Trinajstić information content (AvgIpc) is 2.67. The van der Waals surface area contributed by atoms with E-state index in [1.54, 1.807) is 17.6 Å². The van der Waals surface area contributed by atoms with Crippen LogP contribution in [0.4, 0.5) is 4.39 Å². The quantitative estimate of drug-likeness (QED) is 0.875. The molecule has 0 spiro atoms. The number of carboxylic acids is 1. The first kappa shape index (κ1) is 13.6. The van der Waals surface area contributed by atoms with E-state index in [0.29, 0.717) is 5.16 Å². The van der Waals surface area contributed by atoms with E-state index in [2.05, 4.69) is 4.98 Å². The number of aryl methyl sites for hydroxylation is 2. The predicted molar refractivity (Wildman–Crippen MR) is 71.4 cm³/mol. The number of rotatable bonds is 4. The number of carboxylic acid groups (broad SMARTS) is 1. The topological polar surface area (TPSA) is 55.1 Å². The number of aliphatic carboxylic acids is 1. The lowest BCUT2D eigenvalue weighted by Crippen LogP contribution is -2.02. The molecule has 0 radical (unpaired) electrons. The highest BCUT2D eigenvalue weighted by Gasteiger charge is 2.12. The maximum absolute atomic E-state index is 13.1. The second-order valence-electron chi connectivity index (χ2n) is 4.15. The largest absolute Gasteiger partial charge is 0.481 e. The van der Waals surface area contributed by atoms with Crippen LogP contribution in [0.1, 0.15) is 11.3 Å². The summed E-state index contributed by atoms with van der Waals surface area (Å²) >= 11 is 1.14. The summed E-state index contributed by atoms with van der Waals surface area (Å²) in [4.78, 5) is 14.9. The Morgan fingerprint density at radius 1 is 1.47 bits per heavy atom. The molecule has 0 saturated heterocycles. The molecular formula is C13H13FN2O2S. The van der Waals surface area contributed by atoms with Crippen LogP contribution < -0.4 is 0 Å². The Morgan fingerprint density at radius 2 is 2.21 bits per heavy atom. The zero-order valence-electron chi connectivity index (χ0n) is 10.6. The molecule has 0 amide bonds. The van der Waals surface area contributed by atoms with E-state index in [0.717, 1.165) is 28.7 Å². The third-order valence-electron chi connectivity index (χ3n) is 2.54. The average molecular weight is 280 g/mol. The number of hydrogen-bond donors (Lipinski definition) is 1. The molecule has 1 aromatic heterocycles. The number of halogens is 1. The minimum absolute atomic E-state index is 0.0588. The SMILES string of the molecule is Cc1cn(-c2ccc(F)cc2C)c(SCC(=O)O)n1. The summed E-state index contributed by atoms with van der Waals surface area (Å²) in [6.07, 6.45) is 1.81. The van der Waals surface area contributed by atoms with E-state index in [9.17, 15) is 9.18 Å². The molecule has 0 aliphatic heterocycles. The summed E-state index contributed by atoms with van der Waals surface area (Å²) in [5, 5.41) is 9.32. The molecule has 0 aliphatic rings. The molecule has 4 nitrogen and oxygen atoms in total. The van der Waals surface area contributed by atoms with Gasteiger partial charge in [0.1, 0.15) is 5.82 Å². The molecule has 1 aromatic carbocycles.